The van der Waals surface area contributed by atoms with Gasteiger partial charge in [-0.3, -0.25) is 4.79 Å². The van der Waals surface area contributed by atoms with Crippen LogP contribution >= 0.6 is 0 Å². The van der Waals surface area contributed by atoms with Gasteiger partial charge < -0.3 is 0 Å². The molecule has 98 valence electrons. The zero-order valence-electron chi connectivity index (χ0n) is 11.4. The van der Waals surface area contributed by atoms with Gasteiger partial charge in [-0.1, -0.05) is 55.8 Å². The molecule has 2 atom stereocenters. The minimum absolute atomic E-state index is 0.298. The van der Waals surface area contributed by atoms with Crippen molar-refractivity contribution in [3.8, 4) is 0 Å². The van der Waals surface area contributed by atoms with E-state index in [0.29, 0.717) is 24.0 Å². The number of carbonyl (C=O) groups excluding carboxylic acids is 1. The minimum atomic E-state index is 0.298. The number of ketones is 1. The summed E-state index contributed by atoms with van der Waals surface area (Å²) in [6, 6.07) is 14.7. The third-order valence-corrected chi connectivity index (χ3v) is 4.47. The molecule has 1 nitrogen and oxygen atoms in total. The van der Waals surface area contributed by atoms with Crippen molar-refractivity contribution in [3.05, 3.63) is 48.0 Å². The molecular weight excluding hydrogens is 232 g/mol. The van der Waals surface area contributed by atoms with Gasteiger partial charge in [0.2, 0.25) is 0 Å². The molecule has 2 aromatic rings. The van der Waals surface area contributed by atoms with E-state index in [4.69, 9.17) is 0 Å². The summed E-state index contributed by atoms with van der Waals surface area (Å²) in [5, 5.41) is 2.47. The summed E-state index contributed by atoms with van der Waals surface area (Å²) in [5.74, 6) is 1.31. The molecule has 1 aliphatic rings. The van der Waals surface area contributed by atoms with Crippen molar-refractivity contribution in [2.45, 2.75) is 32.6 Å². The van der Waals surface area contributed by atoms with E-state index >= 15 is 0 Å². The van der Waals surface area contributed by atoms with Crippen LogP contribution in [0.25, 0.3) is 10.8 Å². The number of carbonyl (C=O) groups is 1. The van der Waals surface area contributed by atoms with Gasteiger partial charge in [0.25, 0.3) is 0 Å². The van der Waals surface area contributed by atoms with E-state index in [2.05, 4.69) is 37.3 Å². The Morgan fingerprint density at radius 1 is 1.11 bits per heavy atom. The zero-order valence-corrected chi connectivity index (χ0v) is 11.4. The second-order valence-corrected chi connectivity index (χ2v) is 5.84. The maximum absolute atomic E-state index is 12.4. The Balaban J connectivity index is 1.79. The average molecular weight is 252 g/mol. The highest BCUT2D eigenvalue weighted by molar-refractivity contribution is 5.87. The van der Waals surface area contributed by atoms with Crippen LogP contribution in [-0.2, 0) is 11.2 Å². The van der Waals surface area contributed by atoms with Crippen LogP contribution in [0.1, 0.15) is 31.7 Å². The predicted molar refractivity (Wildman–Crippen MR) is 79.2 cm³/mol. The highest BCUT2D eigenvalue weighted by Crippen LogP contribution is 2.32. The van der Waals surface area contributed by atoms with Gasteiger partial charge >= 0.3 is 0 Å². The van der Waals surface area contributed by atoms with Gasteiger partial charge in [-0.05, 0) is 35.1 Å². The first-order valence-corrected chi connectivity index (χ1v) is 7.24. The van der Waals surface area contributed by atoms with Gasteiger partial charge in [0.1, 0.15) is 5.78 Å². The summed E-state index contributed by atoms with van der Waals surface area (Å²) < 4.78 is 0. The lowest BCUT2D eigenvalue weighted by atomic mass is 9.89. The Hall–Kier alpha value is -1.63. The van der Waals surface area contributed by atoms with Gasteiger partial charge in [0, 0.05) is 12.3 Å². The lowest BCUT2D eigenvalue weighted by Gasteiger charge is -2.14. The normalized spacial score (nSPS) is 22.8. The predicted octanol–water partition coefficient (Wildman–Crippen LogP) is 4.39. The number of fused-ring (bicyclic) bond motifs is 1. The summed E-state index contributed by atoms with van der Waals surface area (Å²) in [6.07, 6.45) is 4.12. The molecule has 0 aliphatic heterocycles. The quantitative estimate of drug-likeness (QED) is 0.792. The summed E-state index contributed by atoms with van der Waals surface area (Å²) in [7, 11) is 0. The Morgan fingerprint density at radius 3 is 2.63 bits per heavy atom. The monoisotopic (exact) mass is 252 g/mol. The first-order valence-electron chi connectivity index (χ1n) is 7.24. The molecule has 0 amide bonds. The summed E-state index contributed by atoms with van der Waals surface area (Å²) in [4.78, 5) is 12.4. The highest BCUT2D eigenvalue weighted by atomic mass is 16.1. The van der Waals surface area contributed by atoms with Crippen LogP contribution < -0.4 is 0 Å². The molecule has 1 saturated carbocycles. The molecule has 0 bridgehead atoms. The number of Topliss-reactive ketones (excluding diaryl/α,β-unsaturated/α-hetero) is 1. The van der Waals surface area contributed by atoms with Crippen LogP contribution in [0.15, 0.2) is 42.5 Å². The van der Waals surface area contributed by atoms with Gasteiger partial charge in [-0.25, -0.2) is 0 Å². The number of hydrogen-bond acceptors (Lipinski definition) is 1. The molecular formula is C18H20O. The van der Waals surface area contributed by atoms with Crippen LogP contribution in [-0.4, -0.2) is 5.78 Å². The minimum Gasteiger partial charge on any atom is -0.299 e. The Kier molecular flexibility index (Phi) is 3.37. The van der Waals surface area contributed by atoms with Crippen molar-refractivity contribution >= 4 is 16.6 Å². The summed E-state index contributed by atoms with van der Waals surface area (Å²) in [6.45, 7) is 2.22. The zero-order chi connectivity index (χ0) is 13.2. The molecule has 0 N–H and O–H groups in total. The molecule has 2 unspecified atom stereocenters. The first-order chi connectivity index (χ1) is 9.24. The Morgan fingerprint density at radius 2 is 1.89 bits per heavy atom. The van der Waals surface area contributed by atoms with Crippen LogP contribution in [0.4, 0.5) is 0 Å². The molecule has 19 heavy (non-hydrogen) atoms. The molecule has 0 radical (unpaired) electrons. The van der Waals surface area contributed by atoms with Gasteiger partial charge in [-0.15, -0.1) is 0 Å². The van der Waals surface area contributed by atoms with E-state index in [1.165, 1.54) is 23.6 Å². The second kappa shape index (κ2) is 5.16. The molecule has 3 rings (SSSR count). The average Bonchev–Trinajstić information content (AvgIpc) is 2.85. The number of benzene rings is 2. The largest absolute Gasteiger partial charge is 0.299 e. The fourth-order valence-electron chi connectivity index (χ4n) is 3.30. The smallest absolute Gasteiger partial charge is 0.140 e. The SMILES string of the molecule is CC1CCCC1C(=O)Cc1ccc2ccccc2c1. The fourth-order valence-corrected chi connectivity index (χ4v) is 3.30. The van der Waals surface area contributed by atoms with Crippen molar-refractivity contribution in [1.29, 1.82) is 0 Å². The molecule has 0 saturated heterocycles. The molecule has 1 heteroatoms. The molecule has 2 aromatic carbocycles. The lowest BCUT2D eigenvalue weighted by molar-refractivity contribution is -0.123. The van der Waals surface area contributed by atoms with Crippen molar-refractivity contribution < 1.29 is 4.79 Å². The second-order valence-electron chi connectivity index (χ2n) is 5.84. The maximum Gasteiger partial charge on any atom is 0.140 e. The van der Waals surface area contributed by atoms with Crippen LogP contribution in [0.5, 0.6) is 0 Å². The molecule has 0 spiro atoms. The molecule has 0 aromatic heterocycles. The fraction of sp³-hybridized carbons (Fsp3) is 0.389. The van der Waals surface area contributed by atoms with E-state index in [1.807, 2.05) is 12.1 Å². The van der Waals surface area contributed by atoms with E-state index in [0.717, 1.165) is 12.0 Å². The van der Waals surface area contributed by atoms with Crippen molar-refractivity contribution in [1.82, 2.24) is 0 Å². The van der Waals surface area contributed by atoms with Gasteiger partial charge in [0.05, 0.1) is 0 Å². The van der Waals surface area contributed by atoms with E-state index in [9.17, 15) is 4.79 Å². The third kappa shape index (κ3) is 2.56. The van der Waals surface area contributed by atoms with Gasteiger partial charge in [-0.2, -0.15) is 0 Å². The highest BCUT2D eigenvalue weighted by Gasteiger charge is 2.29. The van der Waals surface area contributed by atoms with Crippen LogP contribution in [0.2, 0.25) is 0 Å². The Bertz CT molecular complexity index is 599. The maximum atomic E-state index is 12.4. The molecule has 1 fully saturated rings. The number of hydrogen-bond donors (Lipinski definition) is 0. The van der Waals surface area contributed by atoms with Crippen molar-refractivity contribution in [3.63, 3.8) is 0 Å². The topological polar surface area (TPSA) is 17.1 Å². The number of rotatable bonds is 3. The van der Waals surface area contributed by atoms with E-state index < -0.39 is 0 Å². The standard InChI is InChI=1S/C18H20O/c1-13-5-4-8-17(13)18(19)12-14-9-10-15-6-2-3-7-16(15)11-14/h2-3,6-7,9-11,13,17H,4-5,8,12H2,1H3. The van der Waals surface area contributed by atoms with Crippen molar-refractivity contribution in [2.24, 2.45) is 11.8 Å². The van der Waals surface area contributed by atoms with E-state index in [-0.39, 0.29) is 0 Å². The first kappa shape index (κ1) is 12.4. The summed E-state index contributed by atoms with van der Waals surface area (Å²) >= 11 is 0. The molecule has 0 heterocycles. The summed E-state index contributed by atoms with van der Waals surface area (Å²) in [5.41, 5.74) is 1.16. The van der Waals surface area contributed by atoms with E-state index in [1.54, 1.807) is 0 Å². The Labute approximate surface area is 114 Å². The lowest BCUT2D eigenvalue weighted by Crippen LogP contribution is -2.18. The van der Waals surface area contributed by atoms with Crippen LogP contribution in [0, 0.1) is 11.8 Å². The van der Waals surface area contributed by atoms with Crippen LogP contribution in [0.3, 0.4) is 0 Å². The molecule has 1 aliphatic carbocycles. The third-order valence-electron chi connectivity index (χ3n) is 4.47. The van der Waals surface area contributed by atoms with Gasteiger partial charge in [0.15, 0.2) is 0 Å². The van der Waals surface area contributed by atoms with Crippen molar-refractivity contribution in [2.75, 3.05) is 0 Å².